The quantitative estimate of drug-likeness (QED) is 0.602. The number of aromatic nitrogens is 1. The van der Waals surface area contributed by atoms with Gasteiger partial charge in [-0.05, 0) is 0 Å². The number of nitrogens with zero attached hydrogens (tertiary/aromatic N) is 1. The Balaban J connectivity index is 2.71. The van der Waals surface area contributed by atoms with E-state index < -0.39 is 12.8 Å². The van der Waals surface area contributed by atoms with Crippen LogP contribution in [0.25, 0.3) is 0 Å². The van der Waals surface area contributed by atoms with E-state index in [1.807, 2.05) is 5.32 Å². The van der Waals surface area contributed by atoms with Gasteiger partial charge in [-0.3, -0.25) is 5.32 Å². The molecule has 0 aliphatic rings. The summed E-state index contributed by atoms with van der Waals surface area (Å²) in [6.45, 7) is -0.509. The molecule has 0 unspecified atom stereocenters. The number of pyridine rings is 1. The molecule has 1 aromatic heterocycles. The van der Waals surface area contributed by atoms with Gasteiger partial charge in [0.25, 0.3) is 0 Å². The van der Waals surface area contributed by atoms with E-state index in [2.05, 4.69) is 4.98 Å². The molecule has 0 radical (unpaired) electrons. The maximum atomic E-state index is 10.8. The lowest BCUT2D eigenvalue weighted by Crippen LogP contribution is -2.27. The van der Waals surface area contributed by atoms with Crippen LogP contribution >= 0.6 is 23.2 Å². The Bertz CT molecular complexity index is 325. The van der Waals surface area contributed by atoms with Gasteiger partial charge in [0, 0.05) is 12.1 Å². The largest absolute Gasteiger partial charge is 0.414 e. The summed E-state index contributed by atoms with van der Waals surface area (Å²) in [4.78, 5) is 14.5. The Morgan fingerprint density at radius 1 is 1.50 bits per heavy atom. The predicted molar refractivity (Wildman–Crippen MR) is 50.5 cm³/mol. The predicted octanol–water partition coefficient (Wildman–Crippen LogP) is 1.43. The molecule has 5 nitrogen and oxygen atoms in total. The summed E-state index contributed by atoms with van der Waals surface area (Å²) in [7, 11) is 0. The van der Waals surface area contributed by atoms with Crippen molar-refractivity contribution < 1.29 is 14.6 Å². The molecule has 76 valence electrons. The molecule has 0 aromatic carbocycles. The zero-order valence-corrected chi connectivity index (χ0v) is 8.34. The van der Waals surface area contributed by atoms with E-state index >= 15 is 0 Å². The highest BCUT2D eigenvalue weighted by molar-refractivity contribution is 6.32. The molecule has 0 aliphatic heterocycles. The highest BCUT2D eigenvalue weighted by Gasteiger charge is 2.05. The van der Waals surface area contributed by atoms with Gasteiger partial charge in [-0.25, -0.2) is 9.78 Å². The van der Waals surface area contributed by atoms with E-state index in [4.69, 9.17) is 33.0 Å². The molecule has 1 rings (SSSR count). The monoisotopic (exact) mass is 236 g/mol. The molecule has 1 aromatic rings. The van der Waals surface area contributed by atoms with E-state index in [-0.39, 0.29) is 16.1 Å². The summed E-state index contributed by atoms with van der Waals surface area (Å²) in [6, 6.07) is 2.65. The lowest BCUT2D eigenvalue weighted by Gasteiger charge is -2.04. The van der Waals surface area contributed by atoms with E-state index in [1.165, 1.54) is 12.1 Å². The van der Waals surface area contributed by atoms with E-state index in [0.717, 1.165) is 0 Å². The zero-order chi connectivity index (χ0) is 10.6. The van der Waals surface area contributed by atoms with Crippen LogP contribution in [0.4, 0.5) is 4.79 Å². The number of aliphatic hydroxyl groups is 1. The first-order chi connectivity index (χ1) is 6.61. The summed E-state index contributed by atoms with van der Waals surface area (Å²) >= 11 is 11.1. The van der Waals surface area contributed by atoms with Crippen molar-refractivity contribution in [2.24, 2.45) is 0 Å². The van der Waals surface area contributed by atoms with Crippen molar-refractivity contribution in [3.8, 4) is 5.75 Å². The SMILES string of the molecule is O=C(NCO)Oc1cc(Cl)nc(Cl)c1. The Morgan fingerprint density at radius 3 is 2.57 bits per heavy atom. The summed E-state index contributed by atoms with van der Waals surface area (Å²) in [5.74, 6) is 0.154. The standard InChI is InChI=1S/C7H6Cl2N2O3/c8-5-1-4(2-6(9)11-5)14-7(13)10-3-12/h1-2,12H,3H2,(H,10,13). The molecule has 0 saturated carbocycles. The van der Waals surface area contributed by atoms with Gasteiger partial charge in [-0.15, -0.1) is 0 Å². The fourth-order valence-electron chi connectivity index (χ4n) is 0.710. The fraction of sp³-hybridized carbons (Fsp3) is 0.143. The molecule has 0 atom stereocenters. The third-order valence-corrected chi connectivity index (χ3v) is 1.56. The van der Waals surface area contributed by atoms with Crippen LogP contribution in [0.1, 0.15) is 0 Å². The van der Waals surface area contributed by atoms with Crippen molar-refractivity contribution in [3.63, 3.8) is 0 Å². The van der Waals surface area contributed by atoms with Crippen LogP contribution in [0.2, 0.25) is 10.3 Å². The second-order valence-corrected chi connectivity index (χ2v) is 2.95. The lowest BCUT2D eigenvalue weighted by atomic mass is 10.4. The Kier molecular flexibility index (Phi) is 3.94. The van der Waals surface area contributed by atoms with Crippen LogP contribution in [-0.2, 0) is 0 Å². The molecule has 2 N–H and O–H groups in total. The van der Waals surface area contributed by atoms with Gasteiger partial charge in [-0.1, -0.05) is 23.2 Å². The molecule has 0 spiro atoms. The minimum Gasteiger partial charge on any atom is -0.410 e. The molecular formula is C7H6Cl2N2O3. The topological polar surface area (TPSA) is 71.5 Å². The van der Waals surface area contributed by atoms with Crippen LogP contribution in [0, 0.1) is 0 Å². The molecular weight excluding hydrogens is 231 g/mol. The van der Waals surface area contributed by atoms with Crippen LogP contribution in [0.3, 0.4) is 0 Å². The highest BCUT2D eigenvalue weighted by atomic mass is 35.5. The van der Waals surface area contributed by atoms with Crippen LogP contribution in [0.5, 0.6) is 5.75 Å². The molecule has 0 aliphatic carbocycles. The number of carbonyl (C=O) groups excluding carboxylic acids is 1. The number of rotatable bonds is 2. The summed E-state index contributed by atoms with van der Waals surface area (Å²) in [5.41, 5.74) is 0. The van der Waals surface area contributed by atoms with Crippen molar-refractivity contribution in [3.05, 3.63) is 22.4 Å². The van der Waals surface area contributed by atoms with Crippen LogP contribution < -0.4 is 10.1 Å². The van der Waals surface area contributed by atoms with E-state index in [0.29, 0.717) is 0 Å². The molecule has 1 amide bonds. The normalized spacial score (nSPS) is 9.64. The first kappa shape index (κ1) is 11.0. The minimum absolute atomic E-state index is 0.115. The van der Waals surface area contributed by atoms with Gasteiger partial charge >= 0.3 is 6.09 Å². The number of carbonyl (C=O) groups is 1. The summed E-state index contributed by atoms with van der Waals surface area (Å²) in [6.07, 6.45) is -0.800. The lowest BCUT2D eigenvalue weighted by molar-refractivity contribution is 0.181. The molecule has 14 heavy (non-hydrogen) atoms. The second-order valence-electron chi connectivity index (χ2n) is 2.17. The highest BCUT2D eigenvalue weighted by Crippen LogP contribution is 2.20. The number of hydrogen-bond acceptors (Lipinski definition) is 4. The average molecular weight is 237 g/mol. The van der Waals surface area contributed by atoms with E-state index in [9.17, 15) is 4.79 Å². The molecule has 7 heteroatoms. The minimum atomic E-state index is -0.800. The fourth-order valence-corrected chi connectivity index (χ4v) is 1.15. The number of halogens is 2. The number of hydrogen-bond donors (Lipinski definition) is 2. The molecule has 0 fully saturated rings. The Labute approximate surface area is 89.6 Å². The van der Waals surface area contributed by atoms with Crippen molar-refractivity contribution in [1.82, 2.24) is 10.3 Å². The maximum Gasteiger partial charge on any atom is 0.414 e. The van der Waals surface area contributed by atoms with Gasteiger partial charge in [0.15, 0.2) is 0 Å². The maximum absolute atomic E-state index is 10.8. The summed E-state index contributed by atoms with van der Waals surface area (Å²) in [5, 5.41) is 10.6. The third-order valence-electron chi connectivity index (χ3n) is 1.17. The van der Waals surface area contributed by atoms with Crippen LogP contribution in [0.15, 0.2) is 12.1 Å². The number of aliphatic hydroxyl groups excluding tert-OH is 1. The van der Waals surface area contributed by atoms with Crippen molar-refractivity contribution in [2.45, 2.75) is 0 Å². The molecule has 0 bridgehead atoms. The van der Waals surface area contributed by atoms with Crippen molar-refractivity contribution in [1.29, 1.82) is 0 Å². The summed E-state index contributed by atoms with van der Waals surface area (Å²) < 4.78 is 4.70. The number of ether oxygens (including phenoxy) is 1. The zero-order valence-electron chi connectivity index (χ0n) is 6.83. The smallest absolute Gasteiger partial charge is 0.410 e. The third kappa shape index (κ3) is 3.37. The van der Waals surface area contributed by atoms with Gasteiger partial charge in [0.1, 0.15) is 22.8 Å². The van der Waals surface area contributed by atoms with Crippen molar-refractivity contribution in [2.75, 3.05) is 6.73 Å². The van der Waals surface area contributed by atoms with Gasteiger partial charge in [0.2, 0.25) is 0 Å². The molecule has 1 heterocycles. The van der Waals surface area contributed by atoms with Gasteiger partial charge in [0.05, 0.1) is 0 Å². The van der Waals surface area contributed by atoms with Gasteiger partial charge in [-0.2, -0.15) is 0 Å². The van der Waals surface area contributed by atoms with Gasteiger partial charge < -0.3 is 9.84 Å². The Hall–Kier alpha value is -1.04. The van der Waals surface area contributed by atoms with Crippen molar-refractivity contribution >= 4 is 29.3 Å². The van der Waals surface area contributed by atoms with E-state index in [1.54, 1.807) is 0 Å². The number of nitrogens with one attached hydrogen (secondary N) is 1. The second kappa shape index (κ2) is 4.99. The average Bonchev–Trinajstić information content (AvgIpc) is 2.01. The first-order valence-corrected chi connectivity index (χ1v) is 4.27. The molecule has 0 saturated heterocycles. The number of amides is 1. The van der Waals surface area contributed by atoms with Crippen LogP contribution in [-0.4, -0.2) is 22.9 Å². The first-order valence-electron chi connectivity index (χ1n) is 3.51. The Morgan fingerprint density at radius 2 is 2.07 bits per heavy atom.